The van der Waals surface area contributed by atoms with Gasteiger partial charge in [-0.2, -0.15) is 0 Å². The molecular weight excluding hydrogens is 215 g/mol. The average molecular weight is 225 g/mol. The largest absolute Gasteiger partial charge is 0.315 e. The Morgan fingerprint density at radius 1 is 1.40 bits per heavy atom. The Bertz CT molecular complexity index is 479. The summed E-state index contributed by atoms with van der Waals surface area (Å²) >= 11 is 5.93. The number of hydrogen-bond acceptors (Lipinski definition) is 1. The first-order valence-corrected chi connectivity index (χ1v) is 5.07. The molecule has 0 amide bonds. The molecule has 0 spiro atoms. The fraction of sp³-hybridized carbons (Fsp3) is 0.182. The van der Waals surface area contributed by atoms with Crippen LogP contribution in [0.3, 0.4) is 0 Å². The van der Waals surface area contributed by atoms with E-state index in [1.165, 1.54) is 12.3 Å². The average Bonchev–Trinajstić information content (AvgIpc) is 2.60. The fourth-order valence-corrected chi connectivity index (χ4v) is 1.76. The number of hydrogen-bond donors (Lipinski definition) is 0. The fourth-order valence-electron chi connectivity index (χ4n) is 1.51. The van der Waals surface area contributed by atoms with E-state index in [0.717, 1.165) is 0 Å². The molecule has 0 bridgehead atoms. The summed E-state index contributed by atoms with van der Waals surface area (Å²) in [6.07, 6.45) is 1.53. The second kappa shape index (κ2) is 4.03. The first-order valence-electron chi connectivity index (χ1n) is 4.70. The Kier molecular flexibility index (Phi) is 2.73. The number of halogens is 2. The normalized spacial score (nSPS) is 10.6. The second-order valence-corrected chi connectivity index (χ2v) is 3.52. The third kappa shape index (κ3) is 1.75. The molecule has 2 nitrogen and oxygen atoms in total. The lowest BCUT2D eigenvalue weighted by Gasteiger charge is -2.06. The van der Waals surface area contributed by atoms with Crippen LogP contribution in [0.1, 0.15) is 6.92 Å². The van der Waals surface area contributed by atoms with Crippen LogP contribution in [0, 0.1) is 5.82 Å². The molecule has 0 saturated carbocycles. The van der Waals surface area contributed by atoms with Crippen molar-refractivity contribution in [3.8, 4) is 11.4 Å². The molecule has 0 fully saturated rings. The second-order valence-electron chi connectivity index (χ2n) is 3.13. The molecule has 15 heavy (non-hydrogen) atoms. The van der Waals surface area contributed by atoms with Crippen molar-refractivity contribution in [3.63, 3.8) is 0 Å². The van der Waals surface area contributed by atoms with Crippen LogP contribution in [0.15, 0.2) is 30.5 Å². The van der Waals surface area contributed by atoms with Gasteiger partial charge in [-0.1, -0.05) is 23.7 Å². The van der Waals surface area contributed by atoms with E-state index in [4.69, 9.17) is 11.6 Å². The van der Waals surface area contributed by atoms with Gasteiger partial charge in [-0.15, -0.1) is 0 Å². The SMILES string of the molecule is CCn1c(Cl)cnc1-c1ccccc1F. The van der Waals surface area contributed by atoms with E-state index in [2.05, 4.69) is 4.98 Å². The monoisotopic (exact) mass is 224 g/mol. The van der Waals surface area contributed by atoms with Crippen molar-refractivity contribution in [2.75, 3.05) is 0 Å². The van der Waals surface area contributed by atoms with E-state index in [0.29, 0.717) is 23.1 Å². The summed E-state index contributed by atoms with van der Waals surface area (Å²) in [7, 11) is 0. The lowest BCUT2D eigenvalue weighted by Crippen LogP contribution is -1.99. The Hall–Kier alpha value is -1.35. The zero-order chi connectivity index (χ0) is 10.8. The van der Waals surface area contributed by atoms with Gasteiger partial charge in [0.1, 0.15) is 16.8 Å². The Morgan fingerprint density at radius 2 is 2.13 bits per heavy atom. The van der Waals surface area contributed by atoms with Gasteiger partial charge in [-0.25, -0.2) is 9.37 Å². The highest BCUT2D eigenvalue weighted by molar-refractivity contribution is 6.29. The maximum absolute atomic E-state index is 13.5. The van der Waals surface area contributed by atoms with Crippen molar-refractivity contribution in [2.24, 2.45) is 0 Å². The van der Waals surface area contributed by atoms with Crippen LogP contribution in [0.25, 0.3) is 11.4 Å². The maximum atomic E-state index is 13.5. The number of benzene rings is 1. The minimum Gasteiger partial charge on any atom is -0.315 e. The van der Waals surface area contributed by atoms with E-state index < -0.39 is 0 Å². The number of imidazole rings is 1. The summed E-state index contributed by atoms with van der Waals surface area (Å²) in [5.41, 5.74) is 0.478. The van der Waals surface area contributed by atoms with Crippen LogP contribution in [-0.4, -0.2) is 9.55 Å². The van der Waals surface area contributed by atoms with Crippen molar-refractivity contribution >= 4 is 11.6 Å². The number of nitrogens with zero attached hydrogens (tertiary/aromatic N) is 2. The highest BCUT2D eigenvalue weighted by Gasteiger charge is 2.12. The predicted molar refractivity (Wildman–Crippen MR) is 58.3 cm³/mol. The van der Waals surface area contributed by atoms with E-state index in [-0.39, 0.29) is 5.82 Å². The van der Waals surface area contributed by atoms with Gasteiger partial charge in [0.05, 0.1) is 11.8 Å². The van der Waals surface area contributed by atoms with Gasteiger partial charge in [0.25, 0.3) is 0 Å². The van der Waals surface area contributed by atoms with Crippen molar-refractivity contribution in [2.45, 2.75) is 13.5 Å². The molecule has 0 aliphatic carbocycles. The first-order chi connectivity index (χ1) is 7.24. The van der Waals surface area contributed by atoms with Gasteiger partial charge < -0.3 is 4.57 Å². The third-order valence-electron chi connectivity index (χ3n) is 2.24. The number of aromatic nitrogens is 2. The standard InChI is InChI=1S/C11H10ClFN2/c1-2-15-10(12)7-14-11(15)8-5-3-4-6-9(8)13/h3-7H,2H2,1H3. The molecule has 1 aromatic heterocycles. The summed E-state index contributed by atoms with van der Waals surface area (Å²) < 4.78 is 15.3. The lowest BCUT2D eigenvalue weighted by atomic mass is 10.2. The van der Waals surface area contributed by atoms with Gasteiger partial charge in [-0.3, -0.25) is 0 Å². The lowest BCUT2D eigenvalue weighted by molar-refractivity contribution is 0.627. The Morgan fingerprint density at radius 3 is 2.80 bits per heavy atom. The summed E-state index contributed by atoms with van der Waals surface area (Å²) in [6, 6.07) is 6.54. The van der Waals surface area contributed by atoms with E-state index in [1.807, 2.05) is 6.92 Å². The molecule has 0 aliphatic heterocycles. The molecule has 78 valence electrons. The van der Waals surface area contributed by atoms with Crippen LogP contribution >= 0.6 is 11.6 Å². The van der Waals surface area contributed by atoms with Crippen LogP contribution in [0.2, 0.25) is 5.15 Å². The van der Waals surface area contributed by atoms with Crippen molar-refractivity contribution in [3.05, 3.63) is 41.4 Å². The van der Waals surface area contributed by atoms with Crippen LogP contribution in [0.4, 0.5) is 4.39 Å². The highest BCUT2D eigenvalue weighted by Crippen LogP contribution is 2.24. The summed E-state index contributed by atoms with van der Waals surface area (Å²) in [4.78, 5) is 4.11. The van der Waals surface area contributed by atoms with Crippen molar-refractivity contribution in [1.29, 1.82) is 0 Å². The quantitative estimate of drug-likeness (QED) is 0.765. The molecule has 1 aromatic carbocycles. The van der Waals surface area contributed by atoms with Gasteiger partial charge in [0.15, 0.2) is 0 Å². The van der Waals surface area contributed by atoms with Gasteiger partial charge >= 0.3 is 0 Å². The first kappa shape index (κ1) is 10.2. The summed E-state index contributed by atoms with van der Waals surface area (Å²) in [5.74, 6) is 0.287. The predicted octanol–water partition coefficient (Wildman–Crippen LogP) is 3.36. The molecule has 2 rings (SSSR count). The van der Waals surface area contributed by atoms with Crippen LogP contribution in [-0.2, 0) is 6.54 Å². The molecule has 2 aromatic rings. The molecule has 0 atom stereocenters. The third-order valence-corrected chi connectivity index (χ3v) is 2.54. The van der Waals surface area contributed by atoms with Crippen LogP contribution in [0.5, 0.6) is 0 Å². The van der Waals surface area contributed by atoms with Gasteiger partial charge in [0.2, 0.25) is 0 Å². The van der Waals surface area contributed by atoms with Crippen molar-refractivity contribution in [1.82, 2.24) is 9.55 Å². The maximum Gasteiger partial charge on any atom is 0.144 e. The molecular formula is C11H10ClFN2. The van der Waals surface area contributed by atoms with E-state index in [9.17, 15) is 4.39 Å². The molecule has 0 unspecified atom stereocenters. The molecule has 0 radical (unpaired) electrons. The molecule has 1 heterocycles. The summed E-state index contributed by atoms with van der Waals surface area (Å²) in [5, 5.41) is 0.524. The highest BCUT2D eigenvalue weighted by atomic mass is 35.5. The van der Waals surface area contributed by atoms with Gasteiger partial charge in [0, 0.05) is 6.54 Å². The number of rotatable bonds is 2. The molecule has 0 saturated heterocycles. The topological polar surface area (TPSA) is 17.8 Å². The van der Waals surface area contributed by atoms with E-state index in [1.54, 1.807) is 22.8 Å². The Labute approximate surface area is 92.3 Å². The van der Waals surface area contributed by atoms with Crippen LogP contribution < -0.4 is 0 Å². The minimum atomic E-state index is -0.283. The summed E-state index contributed by atoms with van der Waals surface area (Å²) in [6.45, 7) is 2.61. The molecule has 0 N–H and O–H groups in total. The zero-order valence-electron chi connectivity index (χ0n) is 8.24. The molecule has 4 heteroatoms. The minimum absolute atomic E-state index is 0.283. The zero-order valence-corrected chi connectivity index (χ0v) is 9.00. The smallest absolute Gasteiger partial charge is 0.144 e. The van der Waals surface area contributed by atoms with Crippen molar-refractivity contribution < 1.29 is 4.39 Å². The van der Waals surface area contributed by atoms with Gasteiger partial charge in [-0.05, 0) is 19.1 Å². The van der Waals surface area contributed by atoms with E-state index >= 15 is 0 Å². The Balaban J connectivity index is 2.59. The molecule has 0 aliphatic rings.